The summed E-state index contributed by atoms with van der Waals surface area (Å²) >= 11 is 0. The maximum absolute atomic E-state index is 11.5. The summed E-state index contributed by atoms with van der Waals surface area (Å²) < 4.78 is 26.7. The van der Waals surface area contributed by atoms with E-state index >= 15 is 0 Å². The molecule has 0 spiro atoms. The Morgan fingerprint density at radius 3 is 2.69 bits per heavy atom. The molecule has 6 nitrogen and oxygen atoms in total. The van der Waals surface area contributed by atoms with E-state index in [1.54, 1.807) is 14.0 Å². The number of nitrogen functional groups attached to an aromatic ring is 1. The fourth-order valence-corrected chi connectivity index (χ4v) is 2.29. The van der Waals surface area contributed by atoms with Crippen molar-refractivity contribution in [3.8, 4) is 0 Å². The second-order valence-electron chi connectivity index (χ2n) is 2.55. The van der Waals surface area contributed by atoms with Crippen LogP contribution in [0.2, 0.25) is 0 Å². The zero-order chi connectivity index (χ0) is 10.1. The quantitative estimate of drug-likeness (QED) is 0.681. The van der Waals surface area contributed by atoms with Crippen molar-refractivity contribution in [1.29, 1.82) is 0 Å². The number of hydrogen-bond acceptors (Lipinski definition) is 4. The minimum atomic E-state index is -3.50. The number of anilines is 1. The van der Waals surface area contributed by atoms with Crippen molar-refractivity contribution in [2.45, 2.75) is 11.9 Å². The number of aryl methyl sites for hydroxylation is 1. The lowest BCUT2D eigenvalue weighted by molar-refractivity contribution is 0.574. The summed E-state index contributed by atoms with van der Waals surface area (Å²) in [6, 6.07) is 0. The molecular weight excluding hydrogens is 192 g/mol. The second kappa shape index (κ2) is 3.35. The van der Waals surface area contributed by atoms with Crippen LogP contribution in [0, 0.1) is 0 Å². The third-order valence-electron chi connectivity index (χ3n) is 1.50. The van der Waals surface area contributed by atoms with Crippen LogP contribution in [0.4, 0.5) is 5.82 Å². The van der Waals surface area contributed by atoms with Crippen molar-refractivity contribution in [1.82, 2.24) is 14.3 Å². The van der Waals surface area contributed by atoms with Crippen molar-refractivity contribution in [3.63, 3.8) is 0 Å². The summed E-state index contributed by atoms with van der Waals surface area (Å²) in [6.07, 6.45) is 1.36. The van der Waals surface area contributed by atoms with E-state index in [-0.39, 0.29) is 10.8 Å². The lowest BCUT2D eigenvalue weighted by Crippen LogP contribution is -2.25. The fourth-order valence-electron chi connectivity index (χ4n) is 1.02. The van der Waals surface area contributed by atoms with E-state index in [1.807, 2.05) is 0 Å². The van der Waals surface area contributed by atoms with Crippen LogP contribution >= 0.6 is 0 Å². The molecule has 0 saturated heterocycles. The van der Waals surface area contributed by atoms with Gasteiger partial charge in [-0.15, -0.1) is 0 Å². The smallest absolute Gasteiger partial charge is 0.259 e. The van der Waals surface area contributed by atoms with Gasteiger partial charge in [0.25, 0.3) is 10.0 Å². The number of nitrogens with one attached hydrogen (secondary N) is 1. The van der Waals surface area contributed by atoms with Gasteiger partial charge in [-0.05, 0) is 0 Å². The summed E-state index contributed by atoms with van der Waals surface area (Å²) in [5.74, 6) is 0.0171. The highest BCUT2D eigenvalue weighted by molar-refractivity contribution is 7.89. The van der Waals surface area contributed by atoms with E-state index in [9.17, 15) is 8.42 Å². The van der Waals surface area contributed by atoms with Crippen LogP contribution in [-0.4, -0.2) is 24.5 Å². The van der Waals surface area contributed by atoms with Gasteiger partial charge in [-0.25, -0.2) is 18.1 Å². The molecule has 3 N–H and O–H groups in total. The van der Waals surface area contributed by atoms with Crippen LogP contribution in [0.25, 0.3) is 0 Å². The van der Waals surface area contributed by atoms with Crippen molar-refractivity contribution in [2.75, 3.05) is 12.3 Å². The number of sulfonamides is 1. The highest BCUT2D eigenvalue weighted by Gasteiger charge is 2.20. The van der Waals surface area contributed by atoms with Crippen LogP contribution in [0.5, 0.6) is 0 Å². The van der Waals surface area contributed by atoms with Gasteiger partial charge in [0, 0.05) is 13.6 Å². The maximum atomic E-state index is 11.5. The van der Waals surface area contributed by atoms with Gasteiger partial charge in [-0.3, -0.25) is 0 Å². The maximum Gasteiger partial charge on any atom is 0.259 e. The first-order valence-electron chi connectivity index (χ1n) is 3.75. The predicted octanol–water partition coefficient (Wildman–Crippen LogP) is -0.700. The molecule has 0 amide bonds. The van der Waals surface area contributed by atoms with E-state index in [2.05, 4.69) is 9.71 Å². The van der Waals surface area contributed by atoms with Gasteiger partial charge in [0.1, 0.15) is 0 Å². The Kier molecular flexibility index (Phi) is 2.58. The molecule has 0 aromatic carbocycles. The SMILES string of the molecule is CCNS(=O)(=O)c1c(N)ncn1C. The highest BCUT2D eigenvalue weighted by Crippen LogP contribution is 2.14. The number of imidazole rings is 1. The molecular formula is C6H12N4O2S. The lowest BCUT2D eigenvalue weighted by atomic mass is 10.8. The first-order chi connectivity index (χ1) is 5.99. The molecule has 1 aromatic heterocycles. The fraction of sp³-hybridized carbons (Fsp3) is 0.500. The Morgan fingerprint density at radius 2 is 2.31 bits per heavy atom. The normalized spacial score (nSPS) is 11.8. The van der Waals surface area contributed by atoms with Crippen molar-refractivity contribution < 1.29 is 8.42 Å². The van der Waals surface area contributed by atoms with Crippen LogP contribution in [0.1, 0.15) is 6.92 Å². The monoisotopic (exact) mass is 204 g/mol. The third kappa shape index (κ3) is 1.81. The third-order valence-corrected chi connectivity index (χ3v) is 3.17. The highest BCUT2D eigenvalue weighted by atomic mass is 32.2. The molecule has 7 heteroatoms. The van der Waals surface area contributed by atoms with Gasteiger partial charge < -0.3 is 10.3 Å². The molecule has 0 saturated carbocycles. The van der Waals surface area contributed by atoms with Crippen molar-refractivity contribution >= 4 is 15.8 Å². The van der Waals surface area contributed by atoms with Crippen LogP contribution in [-0.2, 0) is 17.1 Å². The zero-order valence-electron chi connectivity index (χ0n) is 7.48. The Labute approximate surface area is 76.8 Å². The molecule has 0 atom stereocenters. The Hall–Kier alpha value is -1.08. The lowest BCUT2D eigenvalue weighted by Gasteiger charge is -2.04. The van der Waals surface area contributed by atoms with E-state index in [4.69, 9.17) is 5.73 Å². The summed E-state index contributed by atoms with van der Waals surface area (Å²) in [6.45, 7) is 2.02. The Morgan fingerprint density at radius 1 is 1.69 bits per heavy atom. The van der Waals surface area contributed by atoms with Crippen LogP contribution < -0.4 is 10.5 Å². The number of hydrogen-bond donors (Lipinski definition) is 2. The first kappa shape index (κ1) is 10.0. The summed E-state index contributed by atoms with van der Waals surface area (Å²) in [5, 5.41) is 0.00866. The van der Waals surface area contributed by atoms with Gasteiger partial charge in [0.2, 0.25) is 0 Å². The molecule has 13 heavy (non-hydrogen) atoms. The zero-order valence-corrected chi connectivity index (χ0v) is 8.30. The van der Waals surface area contributed by atoms with Gasteiger partial charge in [0.05, 0.1) is 6.33 Å². The molecule has 0 unspecified atom stereocenters. The van der Waals surface area contributed by atoms with Crippen molar-refractivity contribution in [3.05, 3.63) is 6.33 Å². The van der Waals surface area contributed by atoms with E-state index in [1.165, 1.54) is 10.9 Å². The number of rotatable bonds is 3. The number of nitrogens with zero attached hydrogens (tertiary/aromatic N) is 2. The van der Waals surface area contributed by atoms with E-state index < -0.39 is 10.0 Å². The summed E-state index contributed by atoms with van der Waals surface area (Å²) in [7, 11) is -1.93. The van der Waals surface area contributed by atoms with Gasteiger partial charge in [-0.1, -0.05) is 6.92 Å². The molecule has 74 valence electrons. The average Bonchev–Trinajstić information content (AvgIpc) is 2.31. The molecule has 0 radical (unpaired) electrons. The summed E-state index contributed by atoms with van der Waals surface area (Å²) in [4.78, 5) is 3.69. The average molecular weight is 204 g/mol. The van der Waals surface area contributed by atoms with Gasteiger partial charge in [0.15, 0.2) is 10.8 Å². The molecule has 1 heterocycles. The van der Waals surface area contributed by atoms with Gasteiger partial charge >= 0.3 is 0 Å². The standard InChI is InChI=1S/C6H12N4O2S/c1-3-9-13(11,12)6-5(7)8-4-10(6)2/h4,9H,3,7H2,1-2H3. The largest absolute Gasteiger partial charge is 0.381 e. The Bertz CT molecular complexity index is 375. The summed E-state index contributed by atoms with van der Waals surface area (Å²) in [5.41, 5.74) is 5.41. The van der Waals surface area contributed by atoms with Crippen LogP contribution in [0.3, 0.4) is 0 Å². The predicted molar refractivity (Wildman–Crippen MR) is 48.5 cm³/mol. The Balaban J connectivity index is 3.21. The first-order valence-corrected chi connectivity index (χ1v) is 5.23. The molecule has 0 aliphatic heterocycles. The number of aromatic nitrogens is 2. The van der Waals surface area contributed by atoms with Crippen LogP contribution in [0.15, 0.2) is 11.4 Å². The molecule has 0 aliphatic rings. The molecule has 0 aliphatic carbocycles. The second-order valence-corrected chi connectivity index (χ2v) is 4.23. The molecule has 0 bridgehead atoms. The van der Waals surface area contributed by atoms with Gasteiger partial charge in [-0.2, -0.15) is 0 Å². The van der Waals surface area contributed by atoms with E-state index in [0.29, 0.717) is 6.54 Å². The van der Waals surface area contributed by atoms with Crippen molar-refractivity contribution in [2.24, 2.45) is 7.05 Å². The molecule has 0 fully saturated rings. The molecule has 1 rings (SSSR count). The number of nitrogens with two attached hydrogens (primary N) is 1. The molecule has 1 aromatic rings. The minimum absolute atomic E-state index is 0.00866. The minimum Gasteiger partial charge on any atom is -0.381 e. The topological polar surface area (TPSA) is 90.0 Å². The van der Waals surface area contributed by atoms with E-state index in [0.717, 1.165) is 0 Å².